The zero-order valence-corrected chi connectivity index (χ0v) is 10.6. The second kappa shape index (κ2) is 5.01. The number of pyridine rings is 1. The fraction of sp³-hybridized carbons (Fsp3) is 0.364. The normalized spacial score (nSPS) is 10.9. The van der Waals surface area contributed by atoms with Crippen molar-refractivity contribution in [1.82, 2.24) is 10.3 Å². The molecule has 0 radical (unpaired) electrons. The van der Waals surface area contributed by atoms with Crippen LogP contribution in [0.3, 0.4) is 0 Å². The minimum absolute atomic E-state index is 0.352. The number of carbonyl (C=O) groups is 2. The highest BCUT2D eigenvalue weighted by Crippen LogP contribution is 2.11. The van der Waals surface area contributed by atoms with Crippen LogP contribution in [0.5, 0.6) is 0 Å². The molecular formula is C11H17N5O2. The van der Waals surface area contributed by atoms with Gasteiger partial charge in [-0.05, 0) is 32.9 Å². The number of nitrogens with one attached hydrogen (secondary N) is 2. The molecule has 0 atom stereocenters. The summed E-state index contributed by atoms with van der Waals surface area (Å²) in [6, 6.07) is 3.08. The first-order valence-electron chi connectivity index (χ1n) is 5.34. The Kier molecular flexibility index (Phi) is 3.87. The van der Waals surface area contributed by atoms with Crippen LogP contribution in [0.25, 0.3) is 0 Å². The maximum absolute atomic E-state index is 12.0. The van der Waals surface area contributed by atoms with Gasteiger partial charge in [0.1, 0.15) is 11.4 Å². The number of primary amides is 1. The number of carbonyl (C=O) groups excluding carboxylic acids is 2. The van der Waals surface area contributed by atoms with Gasteiger partial charge in [0.25, 0.3) is 5.91 Å². The second-order valence-corrected chi connectivity index (χ2v) is 4.47. The van der Waals surface area contributed by atoms with Crippen LogP contribution in [0.2, 0.25) is 0 Å². The molecule has 0 saturated heterocycles. The van der Waals surface area contributed by atoms with Gasteiger partial charge in [0.05, 0.1) is 0 Å². The first-order chi connectivity index (χ1) is 8.26. The van der Waals surface area contributed by atoms with Crippen molar-refractivity contribution in [3.63, 3.8) is 0 Å². The van der Waals surface area contributed by atoms with Crippen molar-refractivity contribution >= 4 is 17.6 Å². The molecule has 0 bridgehead atoms. The van der Waals surface area contributed by atoms with Gasteiger partial charge in [-0.3, -0.25) is 9.59 Å². The molecule has 18 heavy (non-hydrogen) atoms. The molecule has 1 aromatic heterocycles. The molecule has 0 saturated carbocycles. The zero-order valence-electron chi connectivity index (χ0n) is 10.6. The fourth-order valence-electron chi connectivity index (χ4n) is 1.29. The predicted octanol–water partition coefficient (Wildman–Crippen LogP) is -0.331. The Bertz CT molecular complexity index is 484. The summed E-state index contributed by atoms with van der Waals surface area (Å²) in [7, 11) is 0. The zero-order chi connectivity index (χ0) is 13.9. The van der Waals surface area contributed by atoms with Crippen molar-refractivity contribution in [3.05, 3.63) is 23.4 Å². The van der Waals surface area contributed by atoms with Gasteiger partial charge in [-0.25, -0.2) is 10.8 Å². The van der Waals surface area contributed by atoms with Crippen LogP contribution in [0.15, 0.2) is 12.1 Å². The summed E-state index contributed by atoms with van der Waals surface area (Å²) < 4.78 is 0. The molecule has 1 rings (SSSR count). The van der Waals surface area contributed by atoms with E-state index in [0.717, 1.165) is 0 Å². The van der Waals surface area contributed by atoms with Crippen LogP contribution in [0, 0.1) is 6.92 Å². The van der Waals surface area contributed by atoms with Gasteiger partial charge in [0, 0.05) is 11.3 Å². The molecule has 0 aromatic carbocycles. The van der Waals surface area contributed by atoms with E-state index in [1.54, 1.807) is 13.0 Å². The van der Waals surface area contributed by atoms with Gasteiger partial charge in [0.15, 0.2) is 0 Å². The molecule has 7 heteroatoms. The maximum atomic E-state index is 12.0. The largest absolute Gasteiger partial charge is 0.368 e. The Morgan fingerprint density at radius 1 is 1.33 bits per heavy atom. The van der Waals surface area contributed by atoms with Crippen molar-refractivity contribution in [2.24, 2.45) is 11.6 Å². The molecule has 0 unspecified atom stereocenters. The van der Waals surface area contributed by atoms with E-state index in [4.69, 9.17) is 11.6 Å². The Morgan fingerprint density at radius 3 is 2.44 bits per heavy atom. The summed E-state index contributed by atoms with van der Waals surface area (Å²) in [5, 5.41) is 2.54. The first-order valence-corrected chi connectivity index (χ1v) is 5.34. The second-order valence-electron chi connectivity index (χ2n) is 4.47. The van der Waals surface area contributed by atoms with Crippen molar-refractivity contribution in [2.45, 2.75) is 26.3 Å². The van der Waals surface area contributed by atoms with Crippen LogP contribution in [0.4, 0.5) is 5.82 Å². The van der Waals surface area contributed by atoms with Gasteiger partial charge in [-0.2, -0.15) is 0 Å². The standard InChI is InChI=1S/C11H17N5O2/c1-6-4-7(5-8(14-6)16-13)9(17)15-11(2,3)10(12)18/h4-5H,13H2,1-3H3,(H2,12,18)(H,14,16)(H,15,17). The molecule has 7 nitrogen and oxygen atoms in total. The van der Waals surface area contributed by atoms with Crippen LogP contribution >= 0.6 is 0 Å². The third kappa shape index (κ3) is 3.17. The van der Waals surface area contributed by atoms with Gasteiger partial charge in [0.2, 0.25) is 5.91 Å². The minimum atomic E-state index is -1.12. The van der Waals surface area contributed by atoms with Crippen molar-refractivity contribution in [2.75, 3.05) is 5.43 Å². The molecule has 98 valence electrons. The lowest BCUT2D eigenvalue weighted by atomic mass is 10.0. The summed E-state index contributed by atoms with van der Waals surface area (Å²) in [6.07, 6.45) is 0. The third-order valence-corrected chi connectivity index (χ3v) is 2.41. The highest BCUT2D eigenvalue weighted by atomic mass is 16.2. The average Bonchev–Trinajstić information content (AvgIpc) is 2.27. The van der Waals surface area contributed by atoms with Crippen molar-refractivity contribution < 1.29 is 9.59 Å². The molecule has 0 aliphatic carbocycles. The van der Waals surface area contributed by atoms with E-state index in [1.807, 2.05) is 0 Å². The minimum Gasteiger partial charge on any atom is -0.368 e. The molecule has 2 amide bonds. The summed E-state index contributed by atoms with van der Waals surface area (Å²) in [6.45, 7) is 4.80. The lowest BCUT2D eigenvalue weighted by molar-refractivity contribution is -0.122. The van der Waals surface area contributed by atoms with Crippen molar-refractivity contribution in [1.29, 1.82) is 0 Å². The molecule has 0 fully saturated rings. The van der Waals surface area contributed by atoms with Crippen LogP contribution in [0.1, 0.15) is 29.9 Å². The molecule has 6 N–H and O–H groups in total. The molecule has 1 heterocycles. The topological polar surface area (TPSA) is 123 Å². The molecule has 1 aromatic rings. The van der Waals surface area contributed by atoms with E-state index in [0.29, 0.717) is 17.1 Å². The lowest BCUT2D eigenvalue weighted by Gasteiger charge is -2.22. The number of rotatable bonds is 4. The number of hydrazine groups is 1. The SMILES string of the molecule is Cc1cc(C(=O)NC(C)(C)C(N)=O)cc(NN)n1. The highest BCUT2D eigenvalue weighted by molar-refractivity contribution is 5.99. The number of anilines is 1. The Labute approximate surface area is 105 Å². The van der Waals surface area contributed by atoms with Gasteiger partial charge in [-0.1, -0.05) is 0 Å². The Hall–Kier alpha value is -2.15. The summed E-state index contributed by atoms with van der Waals surface area (Å²) in [5.41, 5.74) is 7.41. The predicted molar refractivity (Wildman–Crippen MR) is 67.5 cm³/mol. The molecular weight excluding hydrogens is 234 g/mol. The number of nitrogens with zero attached hydrogens (tertiary/aromatic N) is 1. The van der Waals surface area contributed by atoms with Crippen LogP contribution in [-0.4, -0.2) is 22.3 Å². The van der Waals surface area contributed by atoms with E-state index in [9.17, 15) is 9.59 Å². The first kappa shape index (κ1) is 13.9. The molecule has 0 aliphatic heterocycles. The van der Waals surface area contributed by atoms with Gasteiger partial charge < -0.3 is 16.5 Å². The fourth-order valence-corrected chi connectivity index (χ4v) is 1.29. The van der Waals surface area contributed by atoms with E-state index >= 15 is 0 Å². The Morgan fingerprint density at radius 2 is 1.94 bits per heavy atom. The average molecular weight is 251 g/mol. The van der Waals surface area contributed by atoms with E-state index in [1.165, 1.54) is 19.9 Å². The summed E-state index contributed by atoms with van der Waals surface area (Å²) >= 11 is 0. The molecule has 0 aliphatic rings. The maximum Gasteiger partial charge on any atom is 0.252 e. The highest BCUT2D eigenvalue weighted by Gasteiger charge is 2.27. The van der Waals surface area contributed by atoms with Gasteiger partial charge >= 0.3 is 0 Å². The van der Waals surface area contributed by atoms with Crippen LogP contribution in [-0.2, 0) is 4.79 Å². The summed E-state index contributed by atoms with van der Waals surface area (Å²) in [5.74, 6) is 4.59. The monoisotopic (exact) mass is 251 g/mol. The van der Waals surface area contributed by atoms with E-state index in [2.05, 4.69) is 15.7 Å². The number of hydrogen-bond acceptors (Lipinski definition) is 5. The number of aromatic nitrogens is 1. The number of nitrogen functional groups attached to an aromatic ring is 1. The number of hydrogen-bond donors (Lipinski definition) is 4. The van der Waals surface area contributed by atoms with E-state index < -0.39 is 17.4 Å². The van der Waals surface area contributed by atoms with Crippen LogP contribution < -0.4 is 22.3 Å². The van der Waals surface area contributed by atoms with Crippen molar-refractivity contribution in [3.8, 4) is 0 Å². The lowest BCUT2D eigenvalue weighted by Crippen LogP contribution is -2.53. The Balaban J connectivity index is 2.98. The van der Waals surface area contributed by atoms with E-state index in [-0.39, 0.29) is 0 Å². The van der Waals surface area contributed by atoms with Gasteiger partial charge in [-0.15, -0.1) is 0 Å². The molecule has 0 spiro atoms. The summed E-state index contributed by atoms with van der Waals surface area (Å²) in [4.78, 5) is 27.2. The smallest absolute Gasteiger partial charge is 0.252 e. The quantitative estimate of drug-likeness (QED) is 0.431. The number of nitrogens with two attached hydrogens (primary N) is 2. The number of aryl methyl sites for hydroxylation is 1. The third-order valence-electron chi connectivity index (χ3n) is 2.41. The number of amides is 2.